The Balaban J connectivity index is 1.43. The predicted octanol–water partition coefficient (Wildman–Crippen LogP) is 3.09. The Labute approximate surface area is 178 Å². The molecule has 0 atom stereocenters. The van der Waals surface area contributed by atoms with Gasteiger partial charge in [0, 0.05) is 22.3 Å². The van der Waals surface area contributed by atoms with Crippen LogP contribution < -0.4 is 14.5 Å². The summed E-state index contributed by atoms with van der Waals surface area (Å²) >= 11 is 0. The number of nitrogens with one attached hydrogen (secondary N) is 2. The first-order valence-electron chi connectivity index (χ1n) is 10.2. The van der Waals surface area contributed by atoms with Crippen molar-refractivity contribution in [1.29, 1.82) is 0 Å². The molecule has 0 saturated carbocycles. The van der Waals surface area contributed by atoms with E-state index in [4.69, 9.17) is 4.74 Å². The van der Waals surface area contributed by atoms with Crippen molar-refractivity contribution in [3.63, 3.8) is 0 Å². The normalized spacial score (nSPS) is 15.5. The SMILES string of the molecule is COc1ccc2[nH]c(C)c(C(=O)C[NH+]3CCN(c4cccc(C(F)(F)F)c4)CC3)c2c1. The third kappa shape index (κ3) is 4.39. The molecule has 164 valence electrons. The number of quaternary nitrogens is 1. The van der Waals surface area contributed by atoms with E-state index in [1.54, 1.807) is 13.2 Å². The molecule has 5 nitrogen and oxygen atoms in total. The number of hydrogen-bond acceptors (Lipinski definition) is 3. The number of aryl methyl sites for hydroxylation is 1. The van der Waals surface area contributed by atoms with E-state index < -0.39 is 11.7 Å². The number of hydrogen-bond donors (Lipinski definition) is 2. The number of methoxy groups -OCH3 is 1. The number of fused-ring (bicyclic) bond motifs is 1. The fourth-order valence-electron chi connectivity index (χ4n) is 4.24. The van der Waals surface area contributed by atoms with Gasteiger partial charge >= 0.3 is 6.18 Å². The van der Waals surface area contributed by atoms with E-state index in [9.17, 15) is 18.0 Å². The van der Waals surface area contributed by atoms with Crippen LogP contribution in [-0.4, -0.2) is 50.6 Å². The number of carbonyl (C=O) groups is 1. The zero-order valence-electron chi connectivity index (χ0n) is 17.5. The summed E-state index contributed by atoms with van der Waals surface area (Å²) in [4.78, 5) is 19.4. The van der Waals surface area contributed by atoms with Gasteiger partial charge in [0.1, 0.15) is 12.3 Å². The molecule has 31 heavy (non-hydrogen) atoms. The smallest absolute Gasteiger partial charge is 0.416 e. The minimum absolute atomic E-state index is 0.0551. The highest BCUT2D eigenvalue weighted by molar-refractivity contribution is 6.10. The summed E-state index contributed by atoms with van der Waals surface area (Å²) in [7, 11) is 1.59. The maximum absolute atomic E-state index is 13.1. The van der Waals surface area contributed by atoms with Gasteiger partial charge in [0.05, 0.1) is 44.4 Å². The number of Topliss-reactive ketones (excluding diaryl/α,β-unsaturated/α-hetero) is 1. The standard InChI is InChI=1S/C23H24F3N3O2/c1-15-22(19-13-18(31-2)6-7-20(19)27-15)21(30)14-28-8-10-29(11-9-28)17-5-3-4-16(12-17)23(24,25)26/h3-7,12-13,27H,8-11,14H2,1-2H3/p+1. The van der Waals surface area contributed by atoms with Crippen molar-refractivity contribution >= 4 is 22.4 Å². The van der Waals surface area contributed by atoms with Crippen molar-refractivity contribution in [2.75, 3.05) is 44.7 Å². The molecule has 1 aromatic heterocycles. The summed E-state index contributed by atoms with van der Waals surface area (Å²) in [6.07, 6.45) is -4.35. The number of anilines is 1. The second kappa shape index (κ2) is 8.26. The molecular weight excluding hydrogens is 407 g/mol. The molecule has 2 aromatic carbocycles. The number of nitrogens with zero attached hydrogens (tertiary/aromatic N) is 1. The molecule has 1 saturated heterocycles. The molecule has 8 heteroatoms. The third-order valence-electron chi connectivity index (χ3n) is 5.89. The average molecular weight is 432 g/mol. The highest BCUT2D eigenvalue weighted by Crippen LogP contribution is 2.31. The lowest BCUT2D eigenvalue weighted by atomic mass is 10.1. The van der Waals surface area contributed by atoms with Crippen molar-refractivity contribution in [3.05, 3.63) is 59.3 Å². The van der Waals surface area contributed by atoms with Gasteiger partial charge in [-0.3, -0.25) is 4.79 Å². The lowest BCUT2D eigenvalue weighted by Crippen LogP contribution is -3.15. The number of carbonyl (C=O) groups excluding carboxylic acids is 1. The minimum atomic E-state index is -4.35. The van der Waals surface area contributed by atoms with Gasteiger partial charge in [0.2, 0.25) is 5.78 Å². The maximum atomic E-state index is 13.1. The molecule has 0 aliphatic carbocycles. The average Bonchev–Trinajstić information content (AvgIpc) is 3.08. The third-order valence-corrected chi connectivity index (χ3v) is 5.89. The van der Waals surface area contributed by atoms with E-state index in [0.717, 1.165) is 27.6 Å². The number of benzene rings is 2. The second-order valence-electron chi connectivity index (χ2n) is 7.92. The number of H-pyrrole nitrogens is 1. The maximum Gasteiger partial charge on any atom is 0.416 e. The van der Waals surface area contributed by atoms with Gasteiger partial charge in [0.25, 0.3) is 0 Å². The van der Waals surface area contributed by atoms with Crippen LogP contribution >= 0.6 is 0 Å². The topological polar surface area (TPSA) is 49.8 Å². The first kappa shape index (κ1) is 21.2. The Morgan fingerprint density at radius 1 is 1.16 bits per heavy atom. The van der Waals surface area contributed by atoms with E-state index in [1.165, 1.54) is 12.1 Å². The van der Waals surface area contributed by atoms with E-state index in [1.807, 2.05) is 30.0 Å². The van der Waals surface area contributed by atoms with E-state index in [2.05, 4.69) is 4.98 Å². The van der Waals surface area contributed by atoms with E-state index in [-0.39, 0.29) is 5.78 Å². The molecule has 1 fully saturated rings. The molecule has 1 aliphatic rings. The zero-order valence-corrected chi connectivity index (χ0v) is 17.5. The molecule has 0 spiro atoms. The molecule has 1 aliphatic heterocycles. The van der Waals surface area contributed by atoms with Crippen LogP contribution in [0, 0.1) is 6.92 Å². The molecule has 2 heterocycles. The van der Waals surface area contributed by atoms with Crippen LogP contribution in [0.15, 0.2) is 42.5 Å². The number of alkyl halides is 3. The van der Waals surface area contributed by atoms with Gasteiger partial charge in [-0.05, 0) is 43.3 Å². The number of ketones is 1. The van der Waals surface area contributed by atoms with Crippen LogP contribution in [0.4, 0.5) is 18.9 Å². The summed E-state index contributed by atoms with van der Waals surface area (Å²) in [6, 6.07) is 11.0. The monoisotopic (exact) mass is 432 g/mol. The van der Waals surface area contributed by atoms with E-state index >= 15 is 0 Å². The van der Waals surface area contributed by atoms with Gasteiger partial charge in [0.15, 0.2) is 0 Å². The van der Waals surface area contributed by atoms with Gasteiger partial charge < -0.3 is 19.5 Å². The number of aromatic nitrogens is 1. The lowest BCUT2D eigenvalue weighted by molar-refractivity contribution is -0.892. The van der Waals surface area contributed by atoms with Gasteiger partial charge in [-0.2, -0.15) is 13.2 Å². The minimum Gasteiger partial charge on any atom is -0.497 e. The molecule has 0 amide bonds. The molecule has 2 N–H and O–H groups in total. The van der Waals surface area contributed by atoms with Crippen LogP contribution in [0.3, 0.4) is 0 Å². The molecule has 0 radical (unpaired) electrons. The highest BCUT2D eigenvalue weighted by Gasteiger charge is 2.31. The summed E-state index contributed by atoms with van der Waals surface area (Å²) in [5.41, 5.74) is 2.34. The van der Waals surface area contributed by atoms with Crippen LogP contribution in [0.5, 0.6) is 5.75 Å². The summed E-state index contributed by atoms with van der Waals surface area (Å²) in [6.45, 7) is 4.82. The van der Waals surface area contributed by atoms with Crippen molar-refractivity contribution < 1.29 is 27.6 Å². The van der Waals surface area contributed by atoms with Gasteiger partial charge in [-0.15, -0.1) is 0 Å². The van der Waals surface area contributed by atoms with Crippen LogP contribution in [0.1, 0.15) is 21.6 Å². The quantitative estimate of drug-likeness (QED) is 0.610. The Kier molecular flexibility index (Phi) is 5.66. The van der Waals surface area contributed by atoms with Crippen LogP contribution in [0.25, 0.3) is 10.9 Å². The Morgan fingerprint density at radius 3 is 2.58 bits per heavy atom. The predicted molar refractivity (Wildman–Crippen MR) is 113 cm³/mol. The second-order valence-corrected chi connectivity index (χ2v) is 7.92. The first-order valence-corrected chi connectivity index (χ1v) is 10.2. The molecule has 0 bridgehead atoms. The number of piperazine rings is 1. The Bertz CT molecular complexity index is 1100. The lowest BCUT2D eigenvalue weighted by Gasteiger charge is -2.33. The van der Waals surface area contributed by atoms with Crippen molar-refractivity contribution in [1.82, 2.24) is 4.98 Å². The highest BCUT2D eigenvalue weighted by atomic mass is 19.4. The molecule has 3 aromatic rings. The number of rotatable bonds is 5. The zero-order chi connectivity index (χ0) is 22.2. The van der Waals surface area contributed by atoms with Crippen molar-refractivity contribution in [2.24, 2.45) is 0 Å². The van der Waals surface area contributed by atoms with Gasteiger partial charge in [-0.25, -0.2) is 0 Å². The van der Waals surface area contributed by atoms with E-state index in [0.29, 0.717) is 49.7 Å². The molecule has 4 rings (SSSR count). The summed E-state index contributed by atoms with van der Waals surface area (Å²) < 4.78 is 44.3. The fourth-order valence-corrected chi connectivity index (χ4v) is 4.24. The summed E-state index contributed by atoms with van der Waals surface area (Å²) in [5.74, 6) is 0.752. The molecule has 0 unspecified atom stereocenters. The van der Waals surface area contributed by atoms with Crippen LogP contribution in [0.2, 0.25) is 0 Å². The van der Waals surface area contributed by atoms with Gasteiger partial charge in [-0.1, -0.05) is 6.07 Å². The largest absolute Gasteiger partial charge is 0.497 e. The summed E-state index contributed by atoms with van der Waals surface area (Å²) in [5, 5.41) is 0.851. The van der Waals surface area contributed by atoms with Crippen molar-refractivity contribution in [2.45, 2.75) is 13.1 Å². The van der Waals surface area contributed by atoms with Crippen LogP contribution in [-0.2, 0) is 6.18 Å². The van der Waals surface area contributed by atoms with Crippen molar-refractivity contribution in [3.8, 4) is 5.75 Å². The molecular formula is C23H25F3N3O2+. The fraction of sp³-hybridized carbons (Fsp3) is 0.348. The number of ether oxygens (including phenoxy) is 1. The Hall–Kier alpha value is -3.00. The number of aromatic amines is 1. The number of halogens is 3. The Morgan fingerprint density at radius 2 is 1.90 bits per heavy atom. The first-order chi connectivity index (χ1) is 14.8.